The Kier molecular flexibility index (Phi) is 3.58. The Morgan fingerprint density at radius 1 is 1.25 bits per heavy atom. The number of aromatic nitrogens is 1. The SMILES string of the molecule is CS(=O)(=O)CCn1ccc2c([N+](=O)[O-])cccc2c1=O. The molecule has 0 bridgehead atoms. The van der Waals surface area contributed by atoms with Crippen LogP contribution < -0.4 is 5.56 Å². The van der Waals surface area contributed by atoms with Crippen LogP contribution in [0.3, 0.4) is 0 Å². The second-order valence-electron chi connectivity index (χ2n) is 4.44. The summed E-state index contributed by atoms with van der Waals surface area (Å²) in [5.74, 6) is -0.159. The van der Waals surface area contributed by atoms with Gasteiger partial charge in [-0.05, 0) is 12.1 Å². The molecule has 0 atom stereocenters. The first-order valence-electron chi connectivity index (χ1n) is 5.74. The van der Waals surface area contributed by atoms with E-state index in [-0.39, 0.29) is 28.8 Å². The third kappa shape index (κ3) is 2.85. The summed E-state index contributed by atoms with van der Waals surface area (Å²) in [4.78, 5) is 22.5. The average molecular weight is 296 g/mol. The fourth-order valence-corrected chi connectivity index (χ4v) is 2.43. The normalized spacial score (nSPS) is 11.7. The van der Waals surface area contributed by atoms with Crippen molar-refractivity contribution in [2.24, 2.45) is 0 Å². The van der Waals surface area contributed by atoms with Crippen molar-refractivity contribution < 1.29 is 13.3 Å². The molecule has 2 rings (SSSR count). The second kappa shape index (κ2) is 5.04. The molecule has 0 radical (unpaired) electrons. The number of nitro benzene ring substituents is 1. The predicted octanol–water partition coefficient (Wildman–Crippen LogP) is 0.954. The van der Waals surface area contributed by atoms with Crippen LogP contribution in [0.15, 0.2) is 35.3 Å². The van der Waals surface area contributed by atoms with Gasteiger partial charge in [-0.15, -0.1) is 0 Å². The van der Waals surface area contributed by atoms with Crippen LogP contribution in [0.4, 0.5) is 5.69 Å². The Balaban J connectivity index is 2.55. The predicted molar refractivity (Wildman–Crippen MR) is 74.6 cm³/mol. The van der Waals surface area contributed by atoms with Gasteiger partial charge in [0, 0.05) is 25.1 Å². The van der Waals surface area contributed by atoms with Crippen LogP contribution in [0.5, 0.6) is 0 Å². The van der Waals surface area contributed by atoms with Crippen molar-refractivity contribution in [3.8, 4) is 0 Å². The Bertz CT molecular complexity index is 839. The van der Waals surface area contributed by atoms with Gasteiger partial charge in [-0.3, -0.25) is 14.9 Å². The van der Waals surface area contributed by atoms with Gasteiger partial charge in [-0.1, -0.05) is 6.07 Å². The largest absolute Gasteiger partial charge is 0.314 e. The van der Waals surface area contributed by atoms with E-state index in [1.807, 2.05) is 0 Å². The smallest absolute Gasteiger partial charge is 0.277 e. The quantitative estimate of drug-likeness (QED) is 0.618. The van der Waals surface area contributed by atoms with Crippen LogP contribution in [0.2, 0.25) is 0 Å². The molecule has 7 nitrogen and oxygen atoms in total. The van der Waals surface area contributed by atoms with E-state index < -0.39 is 20.3 Å². The molecule has 0 unspecified atom stereocenters. The van der Waals surface area contributed by atoms with Crippen molar-refractivity contribution in [1.82, 2.24) is 4.57 Å². The van der Waals surface area contributed by atoms with Crippen molar-refractivity contribution in [1.29, 1.82) is 0 Å². The number of fused-ring (bicyclic) bond motifs is 1. The molecular weight excluding hydrogens is 284 g/mol. The molecule has 0 spiro atoms. The van der Waals surface area contributed by atoms with Gasteiger partial charge in [0.25, 0.3) is 11.2 Å². The van der Waals surface area contributed by atoms with E-state index in [2.05, 4.69) is 0 Å². The third-order valence-electron chi connectivity index (χ3n) is 2.90. The Hall–Kier alpha value is -2.22. The van der Waals surface area contributed by atoms with E-state index in [0.29, 0.717) is 0 Å². The van der Waals surface area contributed by atoms with E-state index in [4.69, 9.17) is 0 Å². The number of sulfone groups is 1. The van der Waals surface area contributed by atoms with Crippen LogP contribution in [0.1, 0.15) is 0 Å². The summed E-state index contributed by atoms with van der Waals surface area (Å²) in [7, 11) is -3.18. The van der Waals surface area contributed by atoms with Gasteiger partial charge >= 0.3 is 0 Å². The second-order valence-corrected chi connectivity index (χ2v) is 6.70. The van der Waals surface area contributed by atoms with Gasteiger partial charge in [0.1, 0.15) is 9.84 Å². The lowest BCUT2D eigenvalue weighted by Crippen LogP contribution is -2.23. The number of nitro groups is 1. The number of hydrogen-bond donors (Lipinski definition) is 0. The lowest BCUT2D eigenvalue weighted by molar-refractivity contribution is -0.383. The molecule has 0 saturated carbocycles. The molecule has 0 saturated heterocycles. The van der Waals surface area contributed by atoms with Gasteiger partial charge in [0.2, 0.25) is 0 Å². The fraction of sp³-hybridized carbons (Fsp3) is 0.250. The molecule has 0 aliphatic carbocycles. The number of benzene rings is 1. The molecule has 106 valence electrons. The minimum atomic E-state index is -3.18. The van der Waals surface area contributed by atoms with Gasteiger partial charge < -0.3 is 4.57 Å². The van der Waals surface area contributed by atoms with Gasteiger partial charge in [0.15, 0.2) is 0 Å². The van der Waals surface area contributed by atoms with Crippen LogP contribution in [-0.4, -0.2) is 29.9 Å². The Morgan fingerprint density at radius 2 is 1.95 bits per heavy atom. The zero-order chi connectivity index (χ0) is 14.9. The maximum Gasteiger partial charge on any atom is 0.277 e. The first kappa shape index (κ1) is 14.2. The van der Waals surface area contributed by atoms with Crippen molar-refractivity contribution in [2.75, 3.05) is 12.0 Å². The summed E-state index contributed by atoms with van der Waals surface area (Å²) < 4.78 is 23.5. The summed E-state index contributed by atoms with van der Waals surface area (Å²) in [5.41, 5.74) is -0.579. The summed E-state index contributed by atoms with van der Waals surface area (Å²) in [6, 6.07) is 5.70. The Morgan fingerprint density at radius 3 is 2.55 bits per heavy atom. The highest BCUT2D eigenvalue weighted by molar-refractivity contribution is 7.90. The van der Waals surface area contributed by atoms with E-state index in [1.54, 1.807) is 0 Å². The molecule has 1 aromatic heterocycles. The first-order chi connectivity index (χ1) is 9.29. The standard InChI is InChI=1S/C12H12N2O5S/c1-20(18,19)8-7-13-6-5-9-10(12(13)15)3-2-4-11(9)14(16)17/h2-6H,7-8H2,1H3. The topological polar surface area (TPSA) is 99.3 Å². The lowest BCUT2D eigenvalue weighted by atomic mass is 10.1. The number of nitrogens with zero attached hydrogens (tertiary/aromatic N) is 2. The average Bonchev–Trinajstić information content (AvgIpc) is 2.36. The van der Waals surface area contributed by atoms with Crippen molar-refractivity contribution in [2.45, 2.75) is 6.54 Å². The number of pyridine rings is 1. The zero-order valence-corrected chi connectivity index (χ0v) is 11.5. The van der Waals surface area contributed by atoms with Crippen LogP contribution in [-0.2, 0) is 16.4 Å². The van der Waals surface area contributed by atoms with Crippen LogP contribution in [0, 0.1) is 10.1 Å². The van der Waals surface area contributed by atoms with Crippen molar-refractivity contribution in [3.05, 3.63) is 50.9 Å². The minimum absolute atomic E-state index is 0.0241. The van der Waals surface area contributed by atoms with Crippen molar-refractivity contribution >= 4 is 26.3 Å². The monoisotopic (exact) mass is 296 g/mol. The molecule has 1 aromatic carbocycles. The number of hydrogen-bond acceptors (Lipinski definition) is 5. The third-order valence-corrected chi connectivity index (χ3v) is 3.82. The van der Waals surface area contributed by atoms with Crippen LogP contribution >= 0.6 is 0 Å². The molecule has 0 fully saturated rings. The van der Waals surface area contributed by atoms with Gasteiger partial charge in [0.05, 0.1) is 21.4 Å². The van der Waals surface area contributed by atoms with E-state index >= 15 is 0 Å². The highest BCUT2D eigenvalue weighted by atomic mass is 32.2. The molecule has 0 aliphatic rings. The summed E-state index contributed by atoms with van der Waals surface area (Å²) in [6.45, 7) is 0.0241. The first-order valence-corrected chi connectivity index (χ1v) is 7.80. The molecule has 0 N–H and O–H groups in total. The maximum atomic E-state index is 12.2. The maximum absolute atomic E-state index is 12.2. The van der Waals surface area contributed by atoms with Gasteiger partial charge in [-0.25, -0.2) is 8.42 Å². The molecular formula is C12H12N2O5S. The summed E-state index contributed by atoms with van der Waals surface area (Å²) in [5, 5.41) is 11.3. The fourth-order valence-electron chi connectivity index (χ4n) is 1.90. The molecule has 8 heteroatoms. The van der Waals surface area contributed by atoms with Gasteiger partial charge in [-0.2, -0.15) is 0 Å². The highest BCUT2D eigenvalue weighted by Crippen LogP contribution is 2.22. The molecule has 0 amide bonds. The van der Waals surface area contributed by atoms with Crippen molar-refractivity contribution in [3.63, 3.8) is 0 Å². The number of non-ortho nitro benzene ring substituents is 1. The number of aryl methyl sites for hydroxylation is 1. The summed E-state index contributed by atoms with van der Waals surface area (Å²) in [6.07, 6.45) is 2.47. The highest BCUT2D eigenvalue weighted by Gasteiger charge is 2.14. The van der Waals surface area contributed by atoms with E-state index in [1.165, 1.54) is 35.0 Å². The zero-order valence-electron chi connectivity index (χ0n) is 10.6. The molecule has 1 heterocycles. The van der Waals surface area contributed by atoms with E-state index in [9.17, 15) is 23.3 Å². The summed E-state index contributed by atoms with van der Waals surface area (Å²) >= 11 is 0. The minimum Gasteiger partial charge on any atom is -0.314 e. The lowest BCUT2D eigenvalue weighted by Gasteiger charge is -2.06. The molecule has 0 aliphatic heterocycles. The number of rotatable bonds is 4. The van der Waals surface area contributed by atoms with Crippen LogP contribution in [0.25, 0.3) is 10.8 Å². The molecule has 2 aromatic rings. The van der Waals surface area contributed by atoms with E-state index in [0.717, 1.165) is 6.26 Å². The molecule has 20 heavy (non-hydrogen) atoms. The Labute approximate surface area is 114 Å².